The van der Waals surface area contributed by atoms with Gasteiger partial charge >= 0.3 is 0 Å². The molecular formula is C32H34N2O4. The van der Waals surface area contributed by atoms with Crippen LogP contribution in [0.25, 0.3) is 6.08 Å². The third kappa shape index (κ3) is 6.39. The van der Waals surface area contributed by atoms with Crippen molar-refractivity contribution in [3.05, 3.63) is 119 Å². The van der Waals surface area contributed by atoms with Crippen LogP contribution in [-0.2, 0) is 16.2 Å². The summed E-state index contributed by atoms with van der Waals surface area (Å²) in [5.74, 6) is -0.717. The highest BCUT2D eigenvalue weighted by Crippen LogP contribution is 2.38. The first-order valence-electron chi connectivity index (χ1n) is 13.0. The average Bonchev–Trinajstić information content (AvgIpc) is 3.22. The molecule has 3 aromatic carbocycles. The Balaban J connectivity index is 1.59. The molecular weight excluding hydrogens is 476 g/mol. The number of amides is 1. The van der Waals surface area contributed by atoms with E-state index in [0.717, 1.165) is 29.8 Å². The quantitative estimate of drug-likeness (QED) is 0.322. The summed E-state index contributed by atoms with van der Waals surface area (Å²) in [5, 5.41) is 10.9. The Morgan fingerprint density at radius 1 is 0.947 bits per heavy atom. The molecule has 1 atom stereocenters. The van der Waals surface area contributed by atoms with Crippen LogP contribution >= 0.6 is 0 Å². The zero-order valence-corrected chi connectivity index (χ0v) is 21.9. The maximum absolute atomic E-state index is 13.4. The molecule has 0 saturated heterocycles. The zero-order valence-electron chi connectivity index (χ0n) is 21.9. The number of rotatable bonds is 12. The highest BCUT2D eigenvalue weighted by molar-refractivity contribution is 6.14. The molecule has 0 saturated carbocycles. The van der Waals surface area contributed by atoms with E-state index in [4.69, 9.17) is 4.74 Å². The van der Waals surface area contributed by atoms with Gasteiger partial charge < -0.3 is 19.6 Å². The molecule has 3 aromatic rings. The molecule has 0 bridgehead atoms. The maximum atomic E-state index is 13.4. The average molecular weight is 511 g/mol. The van der Waals surface area contributed by atoms with Crippen LogP contribution < -0.4 is 4.74 Å². The molecule has 0 radical (unpaired) electrons. The number of allylic oxidation sites excluding steroid dienone is 1. The second kappa shape index (κ2) is 12.9. The first kappa shape index (κ1) is 26.9. The normalized spacial score (nSPS) is 15.6. The van der Waals surface area contributed by atoms with E-state index in [-0.39, 0.29) is 11.4 Å². The van der Waals surface area contributed by atoms with Crippen molar-refractivity contribution < 1.29 is 19.4 Å². The highest BCUT2D eigenvalue weighted by atomic mass is 16.5. The summed E-state index contributed by atoms with van der Waals surface area (Å²) in [7, 11) is 0. The number of carbonyl (C=O) groups excluding carboxylic acids is 2. The van der Waals surface area contributed by atoms with E-state index in [0.29, 0.717) is 25.4 Å². The Hall–Kier alpha value is -4.16. The molecule has 4 rings (SSSR count). The SMILES string of the molecule is CCN(CC)CCN1C(=O)C(O)=C(C(=O)/C=C/c2ccccc2)C1c1ccc(OCc2ccccc2)cc1. The minimum atomic E-state index is -0.686. The van der Waals surface area contributed by atoms with Gasteiger partial charge in [-0.1, -0.05) is 92.7 Å². The van der Waals surface area contributed by atoms with E-state index in [2.05, 4.69) is 18.7 Å². The zero-order chi connectivity index (χ0) is 26.9. The highest BCUT2D eigenvalue weighted by Gasteiger charge is 2.42. The first-order chi connectivity index (χ1) is 18.5. The summed E-state index contributed by atoms with van der Waals surface area (Å²) >= 11 is 0. The number of aliphatic hydroxyl groups excluding tert-OH is 1. The number of ketones is 1. The van der Waals surface area contributed by atoms with Crippen LogP contribution in [-0.4, -0.2) is 52.8 Å². The fraction of sp³-hybridized carbons (Fsp3) is 0.250. The number of carbonyl (C=O) groups is 2. The molecule has 6 nitrogen and oxygen atoms in total. The largest absolute Gasteiger partial charge is 0.503 e. The van der Waals surface area contributed by atoms with Crippen molar-refractivity contribution in [1.29, 1.82) is 0 Å². The Labute approximate surface area is 224 Å². The summed E-state index contributed by atoms with van der Waals surface area (Å²) < 4.78 is 5.92. The van der Waals surface area contributed by atoms with Gasteiger partial charge in [0.25, 0.3) is 5.91 Å². The molecule has 1 aliphatic rings. The van der Waals surface area contributed by atoms with Gasteiger partial charge in [-0.2, -0.15) is 0 Å². The number of benzene rings is 3. The van der Waals surface area contributed by atoms with Crippen LogP contribution in [0.2, 0.25) is 0 Å². The Kier molecular flexibility index (Phi) is 9.11. The molecule has 196 valence electrons. The molecule has 0 aliphatic carbocycles. The third-order valence-corrected chi connectivity index (χ3v) is 6.79. The van der Waals surface area contributed by atoms with Crippen molar-refractivity contribution in [1.82, 2.24) is 9.80 Å². The molecule has 6 heteroatoms. The van der Waals surface area contributed by atoms with Gasteiger partial charge in [0.1, 0.15) is 12.4 Å². The number of likely N-dealkylation sites (N-methyl/N-ethyl adjacent to an activating group) is 1. The van der Waals surface area contributed by atoms with Crippen LogP contribution in [0.5, 0.6) is 5.75 Å². The molecule has 38 heavy (non-hydrogen) atoms. The van der Waals surface area contributed by atoms with Gasteiger partial charge in [-0.25, -0.2) is 0 Å². The Bertz CT molecular complexity index is 1280. The van der Waals surface area contributed by atoms with Crippen LogP contribution in [0.15, 0.2) is 102 Å². The predicted molar refractivity (Wildman–Crippen MR) is 150 cm³/mol. The van der Waals surface area contributed by atoms with E-state index in [9.17, 15) is 14.7 Å². The first-order valence-corrected chi connectivity index (χ1v) is 13.0. The molecule has 1 aliphatic heterocycles. The van der Waals surface area contributed by atoms with E-state index >= 15 is 0 Å². The second-order valence-corrected chi connectivity index (χ2v) is 9.14. The minimum absolute atomic E-state index is 0.0969. The van der Waals surface area contributed by atoms with Gasteiger partial charge in [0.2, 0.25) is 0 Å². The van der Waals surface area contributed by atoms with Gasteiger partial charge in [-0.05, 0) is 48.0 Å². The number of nitrogens with zero attached hydrogens (tertiary/aromatic N) is 2. The molecule has 1 amide bonds. The minimum Gasteiger partial charge on any atom is -0.503 e. The summed E-state index contributed by atoms with van der Waals surface area (Å²) in [6, 6.07) is 26.1. The van der Waals surface area contributed by atoms with Gasteiger partial charge in [0.05, 0.1) is 11.6 Å². The lowest BCUT2D eigenvalue weighted by Crippen LogP contribution is -2.38. The Morgan fingerprint density at radius 2 is 1.58 bits per heavy atom. The van der Waals surface area contributed by atoms with Crippen molar-refractivity contribution >= 4 is 17.8 Å². The van der Waals surface area contributed by atoms with Gasteiger partial charge in [-0.15, -0.1) is 0 Å². The fourth-order valence-corrected chi connectivity index (χ4v) is 4.58. The van der Waals surface area contributed by atoms with Crippen molar-refractivity contribution in [3.8, 4) is 5.75 Å². The van der Waals surface area contributed by atoms with E-state index in [1.165, 1.54) is 6.08 Å². The number of hydrogen-bond acceptors (Lipinski definition) is 5. The molecule has 0 aromatic heterocycles. The lowest BCUT2D eigenvalue weighted by molar-refractivity contribution is -0.129. The van der Waals surface area contributed by atoms with Crippen LogP contribution in [0, 0.1) is 0 Å². The summed E-state index contributed by atoms with van der Waals surface area (Å²) in [6.07, 6.45) is 3.12. The van der Waals surface area contributed by atoms with Crippen molar-refractivity contribution in [3.63, 3.8) is 0 Å². The maximum Gasteiger partial charge on any atom is 0.290 e. The summed E-state index contributed by atoms with van der Waals surface area (Å²) in [5.41, 5.74) is 2.76. The lowest BCUT2D eigenvalue weighted by Gasteiger charge is -2.29. The molecule has 1 unspecified atom stereocenters. The summed E-state index contributed by atoms with van der Waals surface area (Å²) in [6.45, 7) is 7.30. The molecule has 0 fully saturated rings. The van der Waals surface area contributed by atoms with E-state index in [1.807, 2.05) is 84.9 Å². The fourth-order valence-electron chi connectivity index (χ4n) is 4.58. The predicted octanol–water partition coefficient (Wildman–Crippen LogP) is 5.59. The van der Waals surface area contributed by atoms with Crippen molar-refractivity contribution in [2.24, 2.45) is 0 Å². The topological polar surface area (TPSA) is 70.1 Å². The smallest absolute Gasteiger partial charge is 0.290 e. The van der Waals surface area contributed by atoms with E-state index in [1.54, 1.807) is 11.0 Å². The second-order valence-electron chi connectivity index (χ2n) is 9.14. The van der Waals surface area contributed by atoms with Crippen molar-refractivity contribution in [2.45, 2.75) is 26.5 Å². The van der Waals surface area contributed by atoms with Crippen molar-refractivity contribution in [2.75, 3.05) is 26.2 Å². The number of hydrogen-bond donors (Lipinski definition) is 1. The van der Waals surface area contributed by atoms with E-state index < -0.39 is 17.7 Å². The molecule has 1 heterocycles. The molecule has 0 spiro atoms. The Morgan fingerprint density at radius 3 is 2.21 bits per heavy atom. The van der Waals surface area contributed by atoms with Gasteiger partial charge in [0, 0.05) is 13.1 Å². The monoisotopic (exact) mass is 510 g/mol. The number of aliphatic hydroxyl groups is 1. The lowest BCUT2D eigenvalue weighted by atomic mass is 9.95. The number of ether oxygens (including phenoxy) is 1. The van der Waals surface area contributed by atoms with Crippen LogP contribution in [0.3, 0.4) is 0 Å². The van der Waals surface area contributed by atoms with Gasteiger partial charge in [0.15, 0.2) is 11.5 Å². The van der Waals surface area contributed by atoms with Gasteiger partial charge in [-0.3, -0.25) is 9.59 Å². The third-order valence-electron chi connectivity index (χ3n) is 6.79. The molecule has 1 N–H and O–H groups in total. The van der Waals surface area contributed by atoms with Crippen LogP contribution in [0.1, 0.15) is 36.6 Å². The standard InChI is InChI=1S/C32H34N2O4/c1-3-33(4-2)21-22-34-30(26-16-18-27(19-17-26)38-23-25-13-9-6-10-14-25)29(31(36)32(34)37)28(35)20-15-24-11-7-5-8-12-24/h5-20,30,36H,3-4,21-23H2,1-2H3/b20-15+. The van der Waals surface area contributed by atoms with Crippen LogP contribution in [0.4, 0.5) is 0 Å². The summed E-state index contributed by atoms with van der Waals surface area (Å²) in [4.78, 5) is 30.4.